The second kappa shape index (κ2) is 7.51. The zero-order valence-electron chi connectivity index (χ0n) is 14.6. The van der Waals surface area contributed by atoms with E-state index in [-0.39, 0.29) is 11.3 Å². The molecule has 0 aliphatic carbocycles. The standard InChI is InChI=1S/C21H14IN3O3/c22-16-8-10-17(11-9-16)24-13-15-4-1-2-7-19(15)20(24)23-21(26)14-5-3-6-18(12-14)25(27)28/h1-12H,13H2. The van der Waals surface area contributed by atoms with Crippen LogP contribution in [0.2, 0.25) is 0 Å². The van der Waals surface area contributed by atoms with E-state index in [2.05, 4.69) is 27.6 Å². The first-order chi connectivity index (χ1) is 13.5. The lowest BCUT2D eigenvalue weighted by atomic mass is 10.1. The highest BCUT2D eigenvalue weighted by atomic mass is 127. The van der Waals surface area contributed by atoms with Crippen molar-refractivity contribution in [1.29, 1.82) is 0 Å². The van der Waals surface area contributed by atoms with Crippen LogP contribution in [0.25, 0.3) is 0 Å². The van der Waals surface area contributed by atoms with Gasteiger partial charge in [0.05, 0.1) is 11.5 Å². The van der Waals surface area contributed by atoms with E-state index in [9.17, 15) is 14.9 Å². The number of anilines is 1. The van der Waals surface area contributed by atoms with Gasteiger partial charge in [-0.3, -0.25) is 14.9 Å². The number of rotatable bonds is 3. The number of carbonyl (C=O) groups is 1. The molecule has 0 N–H and O–H groups in total. The van der Waals surface area contributed by atoms with E-state index in [0.29, 0.717) is 12.4 Å². The predicted molar refractivity (Wildman–Crippen MR) is 116 cm³/mol. The van der Waals surface area contributed by atoms with Gasteiger partial charge in [-0.1, -0.05) is 30.3 Å². The number of hydrogen-bond acceptors (Lipinski definition) is 3. The summed E-state index contributed by atoms with van der Waals surface area (Å²) in [5.41, 5.74) is 2.95. The highest BCUT2D eigenvalue weighted by Crippen LogP contribution is 2.29. The van der Waals surface area contributed by atoms with Gasteiger partial charge >= 0.3 is 0 Å². The summed E-state index contributed by atoms with van der Waals surface area (Å²) in [5.74, 6) is 0.0410. The van der Waals surface area contributed by atoms with Crippen LogP contribution in [0.5, 0.6) is 0 Å². The number of nitrogens with zero attached hydrogens (tertiary/aromatic N) is 3. The summed E-state index contributed by atoms with van der Waals surface area (Å²) in [7, 11) is 0. The van der Waals surface area contributed by atoms with E-state index in [4.69, 9.17) is 0 Å². The predicted octanol–water partition coefficient (Wildman–Crippen LogP) is 4.81. The van der Waals surface area contributed by atoms with Gasteiger partial charge in [-0.25, -0.2) is 0 Å². The van der Waals surface area contributed by atoms with Crippen molar-refractivity contribution < 1.29 is 9.72 Å². The van der Waals surface area contributed by atoms with Gasteiger partial charge in [-0.2, -0.15) is 4.99 Å². The van der Waals surface area contributed by atoms with Gasteiger partial charge in [-0.05, 0) is 58.5 Å². The second-order valence-corrected chi connectivity index (χ2v) is 7.51. The summed E-state index contributed by atoms with van der Waals surface area (Å²) in [6.07, 6.45) is 0. The minimum atomic E-state index is -0.521. The smallest absolute Gasteiger partial charge is 0.279 e. The van der Waals surface area contributed by atoms with Crippen LogP contribution in [0.1, 0.15) is 21.5 Å². The molecule has 0 fully saturated rings. The molecule has 7 heteroatoms. The van der Waals surface area contributed by atoms with Crippen molar-refractivity contribution in [3.05, 3.63) is 103 Å². The van der Waals surface area contributed by atoms with E-state index in [0.717, 1.165) is 20.4 Å². The monoisotopic (exact) mass is 483 g/mol. The Hall–Kier alpha value is -3.07. The lowest BCUT2D eigenvalue weighted by Gasteiger charge is -2.19. The van der Waals surface area contributed by atoms with Gasteiger partial charge in [-0.15, -0.1) is 0 Å². The molecule has 3 aromatic carbocycles. The second-order valence-electron chi connectivity index (χ2n) is 6.27. The summed E-state index contributed by atoms with van der Waals surface area (Å²) in [5, 5.41) is 11.0. The fourth-order valence-electron chi connectivity index (χ4n) is 3.14. The van der Waals surface area contributed by atoms with Gasteiger partial charge in [0.1, 0.15) is 5.84 Å². The number of nitro benzene ring substituents is 1. The lowest BCUT2D eigenvalue weighted by Crippen LogP contribution is -2.25. The van der Waals surface area contributed by atoms with Crippen LogP contribution in [-0.2, 0) is 6.54 Å². The van der Waals surface area contributed by atoms with E-state index < -0.39 is 10.8 Å². The Kier molecular flexibility index (Phi) is 4.91. The topological polar surface area (TPSA) is 75.8 Å². The average molecular weight is 483 g/mol. The van der Waals surface area contributed by atoms with Crippen LogP contribution in [0.15, 0.2) is 77.8 Å². The van der Waals surface area contributed by atoms with Gasteiger partial charge in [0, 0.05) is 32.5 Å². The van der Waals surface area contributed by atoms with Crippen molar-refractivity contribution in [2.45, 2.75) is 6.54 Å². The first kappa shape index (κ1) is 18.3. The number of aliphatic imine (C=N–C) groups is 1. The molecule has 1 amide bonds. The van der Waals surface area contributed by atoms with Crippen molar-refractivity contribution >= 4 is 45.7 Å². The summed E-state index contributed by atoms with van der Waals surface area (Å²) < 4.78 is 1.12. The molecule has 138 valence electrons. The minimum absolute atomic E-state index is 0.132. The summed E-state index contributed by atoms with van der Waals surface area (Å²) in [6.45, 7) is 0.609. The maximum atomic E-state index is 12.8. The number of fused-ring (bicyclic) bond motifs is 1. The molecule has 0 saturated heterocycles. The number of amidine groups is 1. The zero-order chi connectivity index (χ0) is 19.7. The highest BCUT2D eigenvalue weighted by molar-refractivity contribution is 14.1. The summed E-state index contributed by atoms with van der Waals surface area (Å²) in [4.78, 5) is 29.6. The third kappa shape index (κ3) is 3.53. The maximum Gasteiger partial charge on any atom is 0.279 e. The molecule has 0 spiro atoms. The Balaban J connectivity index is 1.77. The Bertz CT molecular complexity index is 1110. The van der Waals surface area contributed by atoms with Crippen molar-refractivity contribution in [3.8, 4) is 0 Å². The number of non-ortho nitro benzene ring substituents is 1. The van der Waals surface area contributed by atoms with E-state index in [1.54, 1.807) is 0 Å². The molecule has 0 saturated carbocycles. The van der Waals surface area contributed by atoms with Gasteiger partial charge in [0.15, 0.2) is 0 Å². The van der Waals surface area contributed by atoms with Crippen LogP contribution in [0.4, 0.5) is 11.4 Å². The first-order valence-electron chi connectivity index (χ1n) is 8.52. The molecule has 1 aliphatic heterocycles. The molecule has 0 atom stereocenters. The molecule has 3 aromatic rings. The molecule has 0 aromatic heterocycles. The zero-order valence-corrected chi connectivity index (χ0v) is 16.7. The maximum absolute atomic E-state index is 12.8. The molecule has 6 nitrogen and oxygen atoms in total. The molecular weight excluding hydrogens is 469 g/mol. The SMILES string of the molecule is O=C(N=C1c2ccccc2CN1c1ccc(I)cc1)c1cccc([N+](=O)[O-])c1. The Labute approximate surface area is 174 Å². The number of benzene rings is 3. The fraction of sp³-hybridized carbons (Fsp3) is 0.0476. The molecule has 0 radical (unpaired) electrons. The fourth-order valence-corrected chi connectivity index (χ4v) is 3.49. The van der Waals surface area contributed by atoms with Gasteiger partial charge < -0.3 is 4.90 Å². The quantitative estimate of drug-likeness (QED) is 0.305. The molecule has 0 bridgehead atoms. The molecule has 28 heavy (non-hydrogen) atoms. The number of amides is 1. The Morgan fingerprint density at radius 1 is 1.04 bits per heavy atom. The highest BCUT2D eigenvalue weighted by Gasteiger charge is 2.27. The number of halogens is 1. The Morgan fingerprint density at radius 2 is 1.79 bits per heavy atom. The van der Waals surface area contributed by atoms with Crippen molar-refractivity contribution in [1.82, 2.24) is 0 Å². The van der Waals surface area contributed by atoms with E-state index >= 15 is 0 Å². The third-order valence-corrected chi connectivity index (χ3v) is 5.21. The number of carbonyl (C=O) groups excluding carboxylic acids is 1. The first-order valence-corrected chi connectivity index (χ1v) is 9.59. The third-order valence-electron chi connectivity index (χ3n) is 4.49. The summed E-state index contributed by atoms with van der Waals surface area (Å²) >= 11 is 2.24. The van der Waals surface area contributed by atoms with Crippen molar-refractivity contribution in [2.75, 3.05) is 4.90 Å². The minimum Gasteiger partial charge on any atom is -0.321 e. The number of nitro groups is 1. The molecular formula is C21H14IN3O3. The molecule has 4 rings (SSSR count). The summed E-state index contributed by atoms with van der Waals surface area (Å²) in [6, 6.07) is 21.4. The van der Waals surface area contributed by atoms with E-state index in [1.165, 1.54) is 24.3 Å². The Morgan fingerprint density at radius 3 is 2.54 bits per heavy atom. The molecule has 0 unspecified atom stereocenters. The molecule has 1 aliphatic rings. The van der Waals surface area contributed by atoms with Crippen molar-refractivity contribution in [3.63, 3.8) is 0 Å². The van der Waals surface area contributed by atoms with Crippen LogP contribution < -0.4 is 4.90 Å². The molecule has 1 heterocycles. The van der Waals surface area contributed by atoms with E-state index in [1.807, 2.05) is 53.4 Å². The van der Waals surface area contributed by atoms with Crippen molar-refractivity contribution in [2.24, 2.45) is 4.99 Å². The largest absolute Gasteiger partial charge is 0.321 e. The average Bonchev–Trinajstić information content (AvgIpc) is 3.07. The number of hydrogen-bond donors (Lipinski definition) is 0. The normalized spacial score (nSPS) is 14.2. The van der Waals surface area contributed by atoms with Gasteiger partial charge in [0.25, 0.3) is 11.6 Å². The van der Waals surface area contributed by atoms with Crippen LogP contribution in [0, 0.1) is 13.7 Å². The van der Waals surface area contributed by atoms with Crippen LogP contribution in [-0.4, -0.2) is 16.7 Å². The van der Waals surface area contributed by atoms with Crippen LogP contribution in [0.3, 0.4) is 0 Å². The van der Waals surface area contributed by atoms with Gasteiger partial charge in [0.2, 0.25) is 0 Å². The van der Waals surface area contributed by atoms with Crippen LogP contribution >= 0.6 is 22.6 Å². The lowest BCUT2D eigenvalue weighted by molar-refractivity contribution is -0.384.